The van der Waals surface area contributed by atoms with Gasteiger partial charge in [-0.05, 0) is 18.8 Å². The minimum Gasteiger partial charge on any atom is -0.481 e. The third kappa shape index (κ3) is 5.38. The summed E-state index contributed by atoms with van der Waals surface area (Å²) in [5, 5.41) is 11.3. The zero-order valence-corrected chi connectivity index (χ0v) is 10.3. The minimum absolute atomic E-state index is 0.166. The average Bonchev–Trinajstić information content (AvgIpc) is 2.37. The van der Waals surface area contributed by atoms with Crippen LogP contribution < -0.4 is 5.32 Å². The lowest BCUT2D eigenvalue weighted by Gasteiger charge is -2.10. The monoisotopic (exact) mass is 251 g/mol. The van der Waals surface area contributed by atoms with E-state index in [9.17, 15) is 9.59 Å². The van der Waals surface area contributed by atoms with Gasteiger partial charge in [0.15, 0.2) is 0 Å². The summed E-state index contributed by atoms with van der Waals surface area (Å²) in [7, 11) is 0. The molecule has 98 valence electrons. The molecule has 1 heterocycles. The number of aromatic nitrogens is 2. The van der Waals surface area contributed by atoms with Gasteiger partial charge in [-0.3, -0.25) is 14.6 Å². The molecule has 0 bridgehead atoms. The first-order valence-corrected chi connectivity index (χ1v) is 5.85. The van der Waals surface area contributed by atoms with E-state index in [4.69, 9.17) is 5.11 Å². The zero-order chi connectivity index (χ0) is 13.4. The summed E-state index contributed by atoms with van der Waals surface area (Å²) in [4.78, 5) is 29.7. The largest absolute Gasteiger partial charge is 0.481 e. The fraction of sp³-hybridized carbons (Fsp3) is 0.500. The second-order valence-corrected chi connectivity index (χ2v) is 4.17. The van der Waals surface area contributed by atoms with Gasteiger partial charge in [0.1, 0.15) is 5.69 Å². The molecule has 6 nitrogen and oxygen atoms in total. The third-order valence-corrected chi connectivity index (χ3v) is 2.57. The van der Waals surface area contributed by atoms with E-state index in [1.54, 1.807) is 0 Å². The first kappa shape index (κ1) is 14.1. The number of amides is 1. The molecule has 0 aliphatic heterocycles. The van der Waals surface area contributed by atoms with Gasteiger partial charge in [0.05, 0.1) is 6.20 Å². The van der Waals surface area contributed by atoms with E-state index < -0.39 is 5.97 Å². The van der Waals surface area contributed by atoms with E-state index in [1.165, 1.54) is 18.6 Å². The van der Waals surface area contributed by atoms with Gasteiger partial charge in [-0.25, -0.2) is 4.98 Å². The van der Waals surface area contributed by atoms with Crippen molar-refractivity contribution in [2.45, 2.75) is 26.2 Å². The van der Waals surface area contributed by atoms with Crippen LogP contribution in [0.3, 0.4) is 0 Å². The van der Waals surface area contributed by atoms with Crippen LogP contribution in [0, 0.1) is 5.92 Å². The molecule has 0 saturated carbocycles. The molecule has 1 amide bonds. The lowest BCUT2D eigenvalue weighted by atomic mass is 10.0. The number of aliphatic carboxylic acids is 1. The van der Waals surface area contributed by atoms with Crippen LogP contribution in [0.5, 0.6) is 0 Å². The van der Waals surface area contributed by atoms with Gasteiger partial charge >= 0.3 is 5.97 Å². The van der Waals surface area contributed by atoms with Crippen LogP contribution in [0.4, 0.5) is 0 Å². The van der Waals surface area contributed by atoms with Gasteiger partial charge in [-0.15, -0.1) is 0 Å². The third-order valence-electron chi connectivity index (χ3n) is 2.57. The number of carboxylic acid groups (broad SMARTS) is 1. The molecule has 1 aromatic heterocycles. The molecule has 0 fully saturated rings. The quantitative estimate of drug-likeness (QED) is 0.757. The predicted octanol–water partition coefficient (Wildman–Crippen LogP) is 1.10. The highest BCUT2D eigenvalue weighted by molar-refractivity contribution is 5.91. The number of nitrogens with zero attached hydrogens (tertiary/aromatic N) is 2. The Kier molecular flexibility index (Phi) is 5.76. The van der Waals surface area contributed by atoms with Crippen molar-refractivity contribution in [3.8, 4) is 0 Å². The van der Waals surface area contributed by atoms with E-state index in [2.05, 4.69) is 15.3 Å². The Bertz CT molecular complexity index is 395. The highest BCUT2D eigenvalue weighted by Crippen LogP contribution is 2.09. The van der Waals surface area contributed by atoms with Gasteiger partial charge in [-0.1, -0.05) is 6.92 Å². The minimum atomic E-state index is -0.787. The van der Waals surface area contributed by atoms with Crippen LogP contribution in [0.15, 0.2) is 18.6 Å². The normalized spacial score (nSPS) is 11.8. The average molecular weight is 251 g/mol. The van der Waals surface area contributed by atoms with Crippen molar-refractivity contribution in [1.82, 2.24) is 15.3 Å². The SMILES string of the molecule is CC(CCNC(=O)c1cnccn1)CCC(=O)O. The Hall–Kier alpha value is -1.98. The van der Waals surface area contributed by atoms with Crippen LogP contribution in [-0.2, 0) is 4.79 Å². The Balaban J connectivity index is 2.21. The second kappa shape index (κ2) is 7.37. The van der Waals surface area contributed by atoms with Crippen molar-refractivity contribution >= 4 is 11.9 Å². The molecule has 1 unspecified atom stereocenters. The molecule has 0 aliphatic carbocycles. The topological polar surface area (TPSA) is 92.2 Å². The summed E-state index contributed by atoms with van der Waals surface area (Å²) in [6.07, 6.45) is 5.91. The Morgan fingerprint density at radius 2 is 2.17 bits per heavy atom. The number of carboxylic acids is 1. The maximum Gasteiger partial charge on any atom is 0.303 e. The number of rotatable bonds is 7. The fourth-order valence-corrected chi connectivity index (χ4v) is 1.45. The summed E-state index contributed by atoms with van der Waals surface area (Å²) in [5.41, 5.74) is 0.288. The lowest BCUT2D eigenvalue weighted by Crippen LogP contribution is -2.26. The summed E-state index contributed by atoms with van der Waals surface area (Å²) in [5.74, 6) is -0.776. The highest BCUT2D eigenvalue weighted by atomic mass is 16.4. The Labute approximate surface area is 105 Å². The smallest absolute Gasteiger partial charge is 0.303 e. The van der Waals surface area contributed by atoms with E-state index in [-0.39, 0.29) is 23.9 Å². The van der Waals surface area contributed by atoms with Gasteiger partial charge in [0, 0.05) is 25.4 Å². The van der Waals surface area contributed by atoms with Crippen molar-refractivity contribution in [2.24, 2.45) is 5.92 Å². The highest BCUT2D eigenvalue weighted by Gasteiger charge is 2.08. The molecular formula is C12H17N3O3. The summed E-state index contributed by atoms with van der Waals surface area (Å²) < 4.78 is 0. The molecule has 0 spiro atoms. The van der Waals surface area contributed by atoms with E-state index in [0.717, 1.165) is 6.42 Å². The molecular weight excluding hydrogens is 234 g/mol. The van der Waals surface area contributed by atoms with Gasteiger partial charge in [0.2, 0.25) is 0 Å². The first-order valence-electron chi connectivity index (χ1n) is 5.85. The van der Waals surface area contributed by atoms with Gasteiger partial charge < -0.3 is 10.4 Å². The zero-order valence-electron chi connectivity index (χ0n) is 10.3. The Morgan fingerprint density at radius 1 is 1.39 bits per heavy atom. The first-order chi connectivity index (χ1) is 8.59. The van der Waals surface area contributed by atoms with Crippen molar-refractivity contribution in [3.05, 3.63) is 24.3 Å². The van der Waals surface area contributed by atoms with Crippen LogP contribution in [0.25, 0.3) is 0 Å². The van der Waals surface area contributed by atoms with Crippen LogP contribution in [0.2, 0.25) is 0 Å². The number of hydrogen-bond donors (Lipinski definition) is 2. The molecule has 1 atom stereocenters. The molecule has 1 aromatic rings. The Morgan fingerprint density at radius 3 is 2.78 bits per heavy atom. The van der Waals surface area contributed by atoms with Crippen molar-refractivity contribution in [1.29, 1.82) is 0 Å². The number of hydrogen-bond acceptors (Lipinski definition) is 4. The standard InChI is InChI=1S/C12H17N3O3/c1-9(2-3-11(16)17)4-5-15-12(18)10-8-13-6-7-14-10/h6-9H,2-5H2,1H3,(H,15,18)(H,16,17). The predicted molar refractivity (Wildman–Crippen MR) is 65.0 cm³/mol. The maximum absolute atomic E-state index is 11.6. The summed E-state index contributed by atoms with van der Waals surface area (Å²) in [6, 6.07) is 0. The molecule has 0 radical (unpaired) electrons. The molecule has 0 saturated heterocycles. The number of nitrogens with one attached hydrogen (secondary N) is 1. The fourth-order valence-electron chi connectivity index (χ4n) is 1.45. The van der Waals surface area contributed by atoms with Crippen LogP contribution >= 0.6 is 0 Å². The van der Waals surface area contributed by atoms with Crippen molar-refractivity contribution in [3.63, 3.8) is 0 Å². The molecule has 0 aliphatic rings. The molecule has 2 N–H and O–H groups in total. The number of carbonyl (C=O) groups excluding carboxylic acids is 1. The van der Waals surface area contributed by atoms with Crippen molar-refractivity contribution < 1.29 is 14.7 Å². The van der Waals surface area contributed by atoms with Crippen LogP contribution in [0.1, 0.15) is 36.7 Å². The molecule has 0 aromatic carbocycles. The van der Waals surface area contributed by atoms with Crippen LogP contribution in [-0.4, -0.2) is 33.5 Å². The van der Waals surface area contributed by atoms with E-state index in [1.807, 2.05) is 6.92 Å². The summed E-state index contributed by atoms with van der Waals surface area (Å²) in [6.45, 7) is 2.48. The maximum atomic E-state index is 11.6. The van der Waals surface area contributed by atoms with Gasteiger partial charge in [0.25, 0.3) is 5.91 Å². The van der Waals surface area contributed by atoms with E-state index in [0.29, 0.717) is 13.0 Å². The number of carbonyl (C=O) groups is 2. The van der Waals surface area contributed by atoms with Crippen molar-refractivity contribution in [2.75, 3.05) is 6.54 Å². The van der Waals surface area contributed by atoms with Gasteiger partial charge in [-0.2, -0.15) is 0 Å². The molecule has 18 heavy (non-hydrogen) atoms. The summed E-state index contributed by atoms with van der Waals surface area (Å²) >= 11 is 0. The molecule has 6 heteroatoms. The molecule has 1 rings (SSSR count). The van der Waals surface area contributed by atoms with E-state index >= 15 is 0 Å². The lowest BCUT2D eigenvalue weighted by molar-refractivity contribution is -0.137. The second-order valence-electron chi connectivity index (χ2n) is 4.17.